The lowest BCUT2D eigenvalue weighted by atomic mass is 10.2. The van der Waals surface area contributed by atoms with Crippen molar-refractivity contribution < 1.29 is 74.5 Å². The topological polar surface area (TPSA) is 138 Å². The number of ether oxygens (including phenoxy) is 10. The molecule has 0 unspecified atom stereocenters. The lowest BCUT2D eigenvalue weighted by molar-refractivity contribution is -0.136. The second-order valence-corrected chi connectivity index (χ2v) is 10.3. The van der Waals surface area contributed by atoms with E-state index in [1.165, 1.54) is 0 Å². The summed E-state index contributed by atoms with van der Waals surface area (Å²) >= 11 is 0. The Balaban J connectivity index is 1.76. The van der Waals surface area contributed by atoms with Gasteiger partial charge in [-0.05, 0) is 20.8 Å². The summed E-state index contributed by atoms with van der Waals surface area (Å²) in [6, 6.07) is 0.0153. The van der Waals surface area contributed by atoms with Crippen molar-refractivity contribution in [1.29, 1.82) is 0 Å². The van der Waals surface area contributed by atoms with Gasteiger partial charge in [0.25, 0.3) is 0 Å². The molecule has 0 fully saturated rings. The van der Waals surface area contributed by atoms with Crippen molar-refractivity contribution in [2.24, 2.45) is 0 Å². The number of carbonyl (C=O) groups is 2. The number of rotatable bonds is 28. The molecule has 0 saturated carbocycles. The van der Waals surface area contributed by atoms with Crippen LogP contribution in [0.25, 0.3) is 0 Å². The standard InChI is InChI=1S/C30H47F4NO12/c1-30(2,3)47-29(37)35-5-7-39-9-11-41-13-15-43-17-19-45-21-20-44-18-16-42-14-12-40-10-8-38-6-4-25(36)46-28-26(33)23(31)22-24(32)27(28)34/h22H,4-21H2,1-3H3,(H,35,37). The Hall–Kier alpha value is -2.64. The van der Waals surface area contributed by atoms with Crippen molar-refractivity contribution >= 4 is 12.1 Å². The lowest BCUT2D eigenvalue weighted by Crippen LogP contribution is -2.34. The molecule has 272 valence electrons. The minimum atomic E-state index is -1.80. The summed E-state index contributed by atoms with van der Waals surface area (Å²) in [7, 11) is 0. The Morgan fingerprint density at radius 3 is 1.28 bits per heavy atom. The van der Waals surface area contributed by atoms with Gasteiger partial charge in [-0.1, -0.05) is 0 Å². The summed E-state index contributed by atoms with van der Waals surface area (Å²) in [5.41, 5.74) is -0.534. The van der Waals surface area contributed by atoms with Gasteiger partial charge in [-0.25, -0.2) is 13.6 Å². The van der Waals surface area contributed by atoms with E-state index in [0.29, 0.717) is 92.4 Å². The van der Waals surface area contributed by atoms with Crippen molar-refractivity contribution in [2.45, 2.75) is 32.8 Å². The number of amides is 1. The number of carbonyl (C=O) groups excluding carboxylic acids is 2. The van der Waals surface area contributed by atoms with Gasteiger partial charge < -0.3 is 52.7 Å². The zero-order valence-electron chi connectivity index (χ0n) is 27.2. The zero-order valence-corrected chi connectivity index (χ0v) is 27.2. The molecule has 0 aliphatic heterocycles. The molecule has 0 aliphatic rings. The first kappa shape index (κ1) is 42.4. The summed E-state index contributed by atoms with van der Waals surface area (Å²) in [5, 5.41) is 2.60. The minimum Gasteiger partial charge on any atom is -0.444 e. The summed E-state index contributed by atoms with van der Waals surface area (Å²) in [4.78, 5) is 23.1. The Kier molecular flexibility index (Phi) is 23.7. The highest BCUT2D eigenvalue weighted by Crippen LogP contribution is 2.26. The van der Waals surface area contributed by atoms with Crippen LogP contribution in [0.2, 0.25) is 0 Å². The number of halogens is 4. The third-order valence-corrected chi connectivity index (χ3v) is 5.26. The highest BCUT2D eigenvalue weighted by molar-refractivity contribution is 5.72. The van der Waals surface area contributed by atoms with Gasteiger partial charge in [0.05, 0.1) is 112 Å². The summed E-state index contributed by atoms with van der Waals surface area (Å²) in [6.07, 6.45) is -0.873. The monoisotopic (exact) mass is 689 g/mol. The van der Waals surface area contributed by atoms with E-state index in [1.807, 2.05) is 0 Å². The van der Waals surface area contributed by atoms with Crippen LogP contribution in [0.15, 0.2) is 6.07 Å². The fourth-order valence-corrected chi connectivity index (χ4v) is 3.14. The predicted octanol–water partition coefficient (Wildman–Crippen LogP) is 3.20. The van der Waals surface area contributed by atoms with Crippen LogP contribution in [0.1, 0.15) is 27.2 Å². The van der Waals surface area contributed by atoms with Gasteiger partial charge in [0, 0.05) is 12.6 Å². The fourth-order valence-electron chi connectivity index (χ4n) is 3.14. The summed E-state index contributed by atoms with van der Waals surface area (Å²) in [5.74, 6) is -9.50. The zero-order chi connectivity index (χ0) is 34.8. The molecular formula is C30H47F4NO12. The number of benzene rings is 1. The van der Waals surface area contributed by atoms with Gasteiger partial charge in [-0.15, -0.1) is 0 Å². The normalized spacial score (nSPS) is 11.6. The number of alkyl carbamates (subject to hydrolysis) is 1. The van der Waals surface area contributed by atoms with Gasteiger partial charge >= 0.3 is 12.1 Å². The van der Waals surface area contributed by atoms with E-state index < -0.39 is 53.1 Å². The molecule has 47 heavy (non-hydrogen) atoms. The van der Waals surface area contributed by atoms with Gasteiger partial charge in [0.1, 0.15) is 5.60 Å². The third-order valence-electron chi connectivity index (χ3n) is 5.26. The molecule has 1 aromatic carbocycles. The van der Waals surface area contributed by atoms with E-state index in [9.17, 15) is 27.2 Å². The van der Waals surface area contributed by atoms with E-state index in [1.54, 1.807) is 20.8 Å². The third kappa shape index (κ3) is 23.4. The molecule has 1 rings (SSSR count). The average molecular weight is 690 g/mol. The minimum absolute atomic E-state index is 0.0153. The molecule has 0 radical (unpaired) electrons. The van der Waals surface area contributed by atoms with Crippen molar-refractivity contribution in [2.75, 3.05) is 112 Å². The first-order valence-electron chi connectivity index (χ1n) is 15.1. The molecule has 0 saturated heterocycles. The van der Waals surface area contributed by atoms with E-state index >= 15 is 0 Å². The second kappa shape index (κ2) is 26.3. The fraction of sp³-hybridized carbons (Fsp3) is 0.733. The molecule has 1 N–H and O–H groups in total. The first-order valence-corrected chi connectivity index (χ1v) is 15.1. The van der Waals surface area contributed by atoms with E-state index in [-0.39, 0.29) is 25.9 Å². The van der Waals surface area contributed by atoms with Gasteiger partial charge in [-0.2, -0.15) is 8.78 Å². The SMILES string of the molecule is CC(C)(C)OC(=O)NCCOCCOCCOCCOCCOCCOCCOCCOCCC(=O)Oc1c(F)c(F)cc(F)c1F. The molecule has 0 aliphatic carbocycles. The number of nitrogens with one attached hydrogen (secondary N) is 1. The van der Waals surface area contributed by atoms with Gasteiger partial charge in [0.2, 0.25) is 17.4 Å². The molecule has 0 atom stereocenters. The Labute approximate surface area is 272 Å². The smallest absolute Gasteiger partial charge is 0.407 e. The molecule has 0 aromatic heterocycles. The van der Waals surface area contributed by atoms with Crippen LogP contribution >= 0.6 is 0 Å². The molecule has 17 heteroatoms. The molecule has 13 nitrogen and oxygen atoms in total. The van der Waals surface area contributed by atoms with Crippen molar-refractivity contribution in [3.63, 3.8) is 0 Å². The Bertz CT molecular complexity index is 974. The largest absolute Gasteiger partial charge is 0.444 e. The van der Waals surface area contributed by atoms with Crippen molar-refractivity contribution in [3.8, 4) is 5.75 Å². The first-order chi connectivity index (χ1) is 22.5. The number of hydrogen-bond acceptors (Lipinski definition) is 12. The van der Waals surface area contributed by atoms with Crippen LogP contribution in [0.4, 0.5) is 22.4 Å². The highest BCUT2D eigenvalue weighted by Gasteiger charge is 2.23. The number of hydrogen-bond donors (Lipinski definition) is 1. The average Bonchev–Trinajstić information content (AvgIpc) is 3.01. The summed E-state index contributed by atoms with van der Waals surface area (Å²) < 4.78 is 106. The van der Waals surface area contributed by atoms with Crippen LogP contribution in [-0.4, -0.2) is 130 Å². The molecule has 0 heterocycles. The van der Waals surface area contributed by atoms with Gasteiger partial charge in [-0.3, -0.25) is 4.79 Å². The molecule has 1 aromatic rings. The summed E-state index contributed by atoms with van der Waals surface area (Å²) in [6.45, 7) is 11.0. The lowest BCUT2D eigenvalue weighted by Gasteiger charge is -2.19. The molecule has 0 spiro atoms. The Morgan fingerprint density at radius 1 is 0.574 bits per heavy atom. The highest BCUT2D eigenvalue weighted by atomic mass is 19.2. The van der Waals surface area contributed by atoms with E-state index in [2.05, 4.69) is 10.1 Å². The van der Waals surface area contributed by atoms with Crippen LogP contribution in [0.3, 0.4) is 0 Å². The maximum Gasteiger partial charge on any atom is 0.407 e. The van der Waals surface area contributed by atoms with Crippen LogP contribution < -0.4 is 10.1 Å². The maximum atomic E-state index is 13.5. The van der Waals surface area contributed by atoms with E-state index in [4.69, 9.17) is 42.6 Å². The number of esters is 1. The van der Waals surface area contributed by atoms with Gasteiger partial charge in [0.15, 0.2) is 11.6 Å². The van der Waals surface area contributed by atoms with E-state index in [0.717, 1.165) is 0 Å². The maximum absolute atomic E-state index is 13.5. The van der Waals surface area contributed by atoms with Crippen molar-refractivity contribution in [3.05, 3.63) is 29.3 Å². The molecule has 1 amide bonds. The van der Waals surface area contributed by atoms with Crippen molar-refractivity contribution in [1.82, 2.24) is 5.32 Å². The van der Waals surface area contributed by atoms with Crippen LogP contribution in [-0.2, 0) is 47.4 Å². The predicted molar refractivity (Wildman–Crippen MR) is 157 cm³/mol. The van der Waals surface area contributed by atoms with Crippen LogP contribution in [0, 0.1) is 23.3 Å². The molecular weight excluding hydrogens is 642 g/mol. The quantitative estimate of drug-likeness (QED) is 0.0455. The van der Waals surface area contributed by atoms with Crippen LogP contribution in [0.5, 0.6) is 5.75 Å². The molecule has 0 bridgehead atoms. The second-order valence-electron chi connectivity index (χ2n) is 10.3. The Morgan fingerprint density at radius 2 is 0.915 bits per heavy atom.